The van der Waals surface area contributed by atoms with Crippen molar-refractivity contribution in [2.24, 2.45) is 5.73 Å². The van der Waals surface area contributed by atoms with E-state index in [4.69, 9.17) is 5.73 Å². The minimum absolute atomic E-state index is 0.0326. The van der Waals surface area contributed by atoms with E-state index in [1.165, 1.54) is 13.8 Å². The zero-order chi connectivity index (χ0) is 9.35. The van der Waals surface area contributed by atoms with Crippen LogP contribution in [0.15, 0.2) is 4.52 Å². The van der Waals surface area contributed by atoms with Crippen LogP contribution in [0.25, 0.3) is 0 Å². The lowest BCUT2D eigenvalue weighted by Crippen LogP contribution is -2.11. The maximum absolute atomic E-state index is 13.2. The van der Waals surface area contributed by atoms with Gasteiger partial charge in [0, 0.05) is 0 Å². The van der Waals surface area contributed by atoms with Gasteiger partial charge < -0.3 is 10.3 Å². The van der Waals surface area contributed by atoms with E-state index in [0.717, 1.165) is 0 Å². The van der Waals surface area contributed by atoms with Crippen molar-refractivity contribution in [3.63, 3.8) is 0 Å². The molecule has 2 N–H and O–H groups in total. The van der Waals surface area contributed by atoms with Crippen molar-refractivity contribution in [3.8, 4) is 0 Å². The molecule has 1 rings (SSSR count). The van der Waals surface area contributed by atoms with E-state index in [1.807, 2.05) is 0 Å². The van der Waals surface area contributed by atoms with Gasteiger partial charge in [0.15, 0.2) is 11.5 Å². The minimum Gasteiger partial charge on any atom is -0.336 e. The van der Waals surface area contributed by atoms with Crippen LogP contribution in [0, 0.1) is 0 Å². The van der Waals surface area contributed by atoms with E-state index in [2.05, 4.69) is 14.7 Å². The average Bonchev–Trinajstić information content (AvgIpc) is 2.30. The second-order valence-corrected chi connectivity index (χ2v) is 3.22. The van der Waals surface area contributed by atoms with E-state index in [-0.39, 0.29) is 11.9 Å². The molecule has 1 aromatic rings. The van der Waals surface area contributed by atoms with Crippen LogP contribution in [0.1, 0.15) is 38.5 Å². The van der Waals surface area contributed by atoms with Crippen LogP contribution >= 0.6 is 0 Å². The molecule has 0 radical (unpaired) electrons. The number of hydrogen-bond acceptors (Lipinski definition) is 4. The molecule has 0 saturated heterocycles. The van der Waals surface area contributed by atoms with Gasteiger partial charge in [-0.25, -0.2) is 4.39 Å². The Morgan fingerprint density at radius 2 is 2.17 bits per heavy atom. The van der Waals surface area contributed by atoms with E-state index in [1.54, 1.807) is 6.92 Å². The molecule has 1 aromatic heterocycles. The first-order chi connectivity index (χ1) is 5.41. The molecule has 0 fully saturated rings. The first kappa shape index (κ1) is 9.12. The summed E-state index contributed by atoms with van der Waals surface area (Å²) in [6.07, 6.45) is 0. The summed E-state index contributed by atoms with van der Waals surface area (Å²) in [6, 6.07) is -0.329. The standard InChI is InChI=1S/C7H12FN3O/c1-4(9)5-10-6(12-11-5)7(2,3)8/h4H,9H2,1-3H3. The zero-order valence-electron chi connectivity index (χ0n) is 7.34. The lowest BCUT2D eigenvalue weighted by atomic mass is 10.2. The van der Waals surface area contributed by atoms with Crippen molar-refractivity contribution in [1.29, 1.82) is 0 Å². The second-order valence-electron chi connectivity index (χ2n) is 3.22. The molecule has 0 aliphatic carbocycles. The largest absolute Gasteiger partial charge is 0.336 e. The number of aromatic nitrogens is 2. The summed E-state index contributed by atoms with van der Waals surface area (Å²) in [5.74, 6) is 0.297. The highest BCUT2D eigenvalue weighted by atomic mass is 19.1. The van der Waals surface area contributed by atoms with Gasteiger partial charge in [-0.05, 0) is 20.8 Å². The fraction of sp³-hybridized carbons (Fsp3) is 0.714. The van der Waals surface area contributed by atoms with Gasteiger partial charge in [-0.3, -0.25) is 0 Å². The van der Waals surface area contributed by atoms with Gasteiger partial charge in [-0.1, -0.05) is 5.16 Å². The molecule has 12 heavy (non-hydrogen) atoms. The first-order valence-electron chi connectivity index (χ1n) is 3.70. The molecule has 0 aliphatic rings. The quantitative estimate of drug-likeness (QED) is 0.731. The monoisotopic (exact) mass is 173 g/mol. The van der Waals surface area contributed by atoms with E-state index < -0.39 is 5.67 Å². The van der Waals surface area contributed by atoms with E-state index in [0.29, 0.717) is 5.82 Å². The van der Waals surface area contributed by atoms with Gasteiger partial charge in [-0.15, -0.1) is 0 Å². The van der Waals surface area contributed by atoms with Crippen LogP contribution in [-0.4, -0.2) is 10.1 Å². The zero-order valence-corrected chi connectivity index (χ0v) is 7.34. The summed E-state index contributed by atoms with van der Waals surface area (Å²) < 4.78 is 17.8. The van der Waals surface area contributed by atoms with Crippen molar-refractivity contribution in [1.82, 2.24) is 10.1 Å². The molecule has 1 unspecified atom stereocenters. The second kappa shape index (κ2) is 2.82. The first-order valence-corrected chi connectivity index (χ1v) is 3.70. The smallest absolute Gasteiger partial charge is 0.263 e. The molecule has 0 amide bonds. The Morgan fingerprint density at radius 1 is 1.58 bits per heavy atom. The molecule has 1 heterocycles. The van der Waals surface area contributed by atoms with Crippen molar-refractivity contribution in [3.05, 3.63) is 11.7 Å². The molecule has 68 valence electrons. The Kier molecular flexibility index (Phi) is 2.14. The Hall–Kier alpha value is -0.970. The molecule has 0 saturated carbocycles. The summed E-state index contributed by atoms with van der Waals surface area (Å²) in [6.45, 7) is 4.41. The molecule has 5 heteroatoms. The fourth-order valence-electron chi connectivity index (χ4n) is 0.661. The van der Waals surface area contributed by atoms with Crippen LogP contribution in [-0.2, 0) is 5.67 Å². The van der Waals surface area contributed by atoms with E-state index in [9.17, 15) is 4.39 Å². The van der Waals surface area contributed by atoms with Crippen molar-refractivity contribution in [2.45, 2.75) is 32.5 Å². The Morgan fingerprint density at radius 3 is 2.42 bits per heavy atom. The Labute approximate surface area is 69.9 Å². The van der Waals surface area contributed by atoms with Crippen LogP contribution in [0.5, 0.6) is 0 Å². The molecule has 0 aliphatic heterocycles. The highest BCUT2D eigenvalue weighted by Gasteiger charge is 2.27. The topological polar surface area (TPSA) is 64.9 Å². The minimum atomic E-state index is -1.60. The predicted molar refractivity (Wildman–Crippen MR) is 41.0 cm³/mol. The molecule has 4 nitrogen and oxygen atoms in total. The van der Waals surface area contributed by atoms with Gasteiger partial charge in [0.05, 0.1) is 6.04 Å². The normalized spacial score (nSPS) is 14.8. The number of alkyl halides is 1. The lowest BCUT2D eigenvalue weighted by Gasteiger charge is -2.05. The van der Waals surface area contributed by atoms with Gasteiger partial charge in [-0.2, -0.15) is 4.98 Å². The van der Waals surface area contributed by atoms with Gasteiger partial charge >= 0.3 is 0 Å². The summed E-state index contributed by atoms with van der Waals surface area (Å²) in [4.78, 5) is 3.80. The molecule has 0 spiro atoms. The Balaban J connectivity index is 2.92. The van der Waals surface area contributed by atoms with Crippen LogP contribution in [0.4, 0.5) is 4.39 Å². The summed E-state index contributed by atoms with van der Waals surface area (Å²) >= 11 is 0. The number of nitrogens with two attached hydrogens (primary N) is 1. The average molecular weight is 173 g/mol. The molecular weight excluding hydrogens is 161 g/mol. The van der Waals surface area contributed by atoms with Crippen molar-refractivity contribution >= 4 is 0 Å². The van der Waals surface area contributed by atoms with Crippen molar-refractivity contribution < 1.29 is 8.91 Å². The molecule has 0 aromatic carbocycles. The van der Waals surface area contributed by atoms with Crippen molar-refractivity contribution in [2.75, 3.05) is 0 Å². The van der Waals surface area contributed by atoms with Crippen LogP contribution in [0.2, 0.25) is 0 Å². The highest BCUT2D eigenvalue weighted by molar-refractivity contribution is 4.97. The lowest BCUT2D eigenvalue weighted by molar-refractivity contribution is 0.155. The fourth-order valence-corrected chi connectivity index (χ4v) is 0.661. The van der Waals surface area contributed by atoms with Crippen LogP contribution in [0.3, 0.4) is 0 Å². The number of halogens is 1. The molecule has 0 bridgehead atoms. The van der Waals surface area contributed by atoms with Gasteiger partial charge in [0.2, 0.25) is 0 Å². The highest BCUT2D eigenvalue weighted by Crippen LogP contribution is 2.22. The maximum Gasteiger partial charge on any atom is 0.263 e. The third-order valence-corrected chi connectivity index (χ3v) is 1.36. The number of hydrogen-bond donors (Lipinski definition) is 1. The number of rotatable bonds is 2. The van der Waals surface area contributed by atoms with Crippen LogP contribution < -0.4 is 5.73 Å². The summed E-state index contributed by atoms with van der Waals surface area (Å²) in [5.41, 5.74) is 3.87. The maximum atomic E-state index is 13.2. The SMILES string of the molecule is CC(N)c1noc(C(C)(C)F)n1. The van der Waals surface area contributed by atoms with Gasteiger partial charge in [0.1, 0.15) is 0 Å². The molecule has 1 atom stereocenters. The van der Waals surface area contributed by atoms with E-state index >= 15 is 0 Å². The third-order valence-electron chi connectivity index (χ3n) is 1.36. The Bertz CT molecular complexity index is 264. The summed E-state index contributed by atoms with van der Waals surface area (Å²) in [7, 11) is 0. The molecular formula is C7H12FN3O. The predicted octanol–water partition coefficient (Wildman–Crippen LogP) is 1.29. The number of nitrogens with zero attached hydrogens (tertiary/aromatic N) is 2. The summed E-state index contributed by atoms with van der Waals surface area (Å²) in [5, 5.41) is 3.53. The third kappa shape index (κ3) is 1.79. The van der Waals surface area contributed by atoms with Gasteiger partial charge in [0.25, 0.3) is 5.89 Å².